The summed E-state index contributed by atoms with van der Waals surface area (Å²) in [5, 5.41) is 10.3. The molecule has 4 aromatic rings. The van der Waals surface area contributed by atoms with Crippen LogP contribution in [0.5, 0.6) is 0 Å². The van der Waals surface area contributed by atoms with Crippen molar-refractivity contribution in [1.29, 1.82) is 0 Å². The summed E-state index contributed by atoms with van der Waals surface area (Å²) >= 11 is 18.6. The van der Waals surface area contributed by atoms with Crippen LogP contribution in [0.2, 0.25) is 0 Å². The smallest absolute Gasteiger partial charge is 0.0194 e. The van der Waals surface area contributed by atoms with E-state index in [1.165, 1.54) is 0 Å². The summed E-state index contributed by atoms with van der Waals surface area (Å²) in [5.41, 5.74) is 3.58. The first-order valence-corrected chi connectivity index (χ1v) is 12.4. The second-order valence-electron chi connectivity index (χ2n) is 7.13. The number of hydrogen-bond acceptors (Lipinski definition) is 2. The van der Waals surface area contributed by atoms with Gasteiger partial charge in [-0.25, -0.2) is 0 Å². The predicted molar refractivity (Wildman–Crippen MR) is 144 cm³/mol. The Balaban J connectivity index is 0.00000306. The molecule has 2 atom stereocenters. The van der Waals surface area contributed by atoms with Gasteiger partial charge in [0.1, 0.15) is 0 Å². The summed E-state index contributed by atoms with van der Waals surface area (Å²) < 4.78 is 1.93. The number of nitrogens with zero attached hydrogens (tertiary/aromatic N) is 2. The van der Waals surface area contributed by atoms with Crippen LogP contribution < -0.4 is 0 Å². The van der Waals surface area contributed by atoms with Gasteiger partial charge in [0.2, 0.25) is 0 Å². The maximum Gasteiger partial charge on any atom is 0.0194 e. The Morgan fingerprint density at radius 2 is 0.848 bits per heavy atom. The van der Waals surface area contributed by atoms with Crippen LogP contribution in [-0.4, -0.2) is 0 Å². The van der Waals surface area contributed by atoms with Crippen LogP contribution in [0, 0.1) is 0 Å². The number of para-hydroxylation sites is 2. The number of benzene rings is 4. The van der Waals surface area contributed by atoms with Crippen LogP contribution in [0.1, 0.15) is 23.2 Å². The molecule has 0 spiro atoms. The van der Waals surface area contributed by atoms with E-state index in [-0.39, 0.29) is 28.6 Å². The van der Waals surface area contributed by atoms with E-state index < -0.39 is 0 Å². The average molecular weight is 641 g/mol. The molecule has 33 heavy (non-hydrogen) atoms. The fourth-order valence-electron chi connectivity index (χ4n) is 3.48. The van der Waals surface area contributed by atoms with Gasteiger partial charge in [0, 0.05) is 25.4 Å². The Kier molecular flexibility index (Phi) is 9.60. The van der Waals surface area contributed by atoms with Crippen LogP contribution in [0.15, 0.2) is 116 Å². The van der Waals surface area contributed by atoms with Gasteiger partial charge >= 0.3 is 0 Å². The molecular weight excluding hydrogens is 623 g/mol. The number of rotatable bonds is 7. The molecule has 2 unspecified atom stereocenters. The van der Waals surface area contributed by atoms with Gasteiger partial charge in [0.25, 0.3) is 0 Å². The second-order valence-corrected chi connectivity index (χ2v) is 9.71. The first kappa shape index (κ1) is 26.0. The third-order valence-electron chi connectivity index (χ3n) is 5.03. The van der Waals surface area contributed by atoms with Crippen molar-refractivity contribution in [1.82, 2.24) is 0 Å². The summed E-state index contributed by atoms with van der Waals surface area (Å²) in [5.74, 6) is 0. The Labute approximate surface area is 233 Å². The summed E-state index contributed by atoms with van der Waals surface area (Å²) in [4.78, 5) is 1.42. The Hall–Kier alpha value is -1.63. The first-order chi connectivity index (χ1) is 15.5. The van der Waals surface area contributed by atoms with Gasteiger partial charge in [-0.1, -0.05) is 117 Å². The molecule has 0 saturated carbocycles. The average Bonchev–Trinajstić information content (AvgIpc) is 2.80. The van der Waals surface area contributed by atoms with E-state index in [0.717, 1.165) is 31.4 Å². The normalized spacial score (nSPS) is 12.3. The fraction of sp³-hybridized carbons (Fsp3) is 0.0769. The zero-order chi connectivity index (χ0) is 22.5. The molecular formula is C26H18Br2N2NiS2-4. The predicted octanol–water partition coefficient (Wildman–Crippen LogP) is 9.21. The maximum atomic E-state index is 5.57. The zero-order valence-electron chi connectivity index (χ0n) is 17.2. The molecule has 4 aromatic carbocycles. The van der Waals surface area contributed by atoms with Crippen molar-refractivity contribution in [2.45, 2.75) is 21.9 Å². The van der Waals surface area contributed by atoms with Crippen LogP contribution >= 0.6 is 31.9 Å². The first-order valence-electron chi connectivity index (χ1n) is 9.97. The third-order valence-corrected chi connectivity index (χ3v) is 7.17. The van der Waals surface area contributed by atoms with Crippen LogP contribution in [0.3, 0.4) is 0 Å². The van der Waals surface area contributed by atoms with Crippen LogP contribution in [0.25, 0.3) is 10.6 Å². The molecule has 0 saturated heterocycles. The quantitative estimate of drug-likeness (QED) is 0.149. The summed E-state index contributed by atoms with van der Waals surface area (Å²) in [6.07, 6.45) is 0. The van der Waals surface area contributed by atoms with E-state index in [0.29, 0.717) is 9.79 Å². The van der Waals surface area contributed by atoms with E-state index in [1.807, 2.05) is 84.9 Å². The van der Waals surface area contributed by atoms with Crippen molar-refractivity contribution in [3.05, 3.63) is 128 Å². The Bertz CT molecular complexity index is 1130. The zero-order valence-corrected chi connectivity index (χ0v) is 23.0. The van der Waals surface area contributed by atoms with Gasteiger partial charge in [0.05, 0.1) is 0 Å². The van der Waals surface area contributed by atoms with Crippen molar-refractivity contribution in [2.75, 3.05) is 0 Å². The van der Waals surface area contributed by atoms with E-state index >= 15 is 0 Å². The molecule has 0 aliphatic heterocycles. The van der Waals surface area contributed by atoms with Crippen molar-refractivity contribution in [2.24, 2.45) is 0 Å². The standard InChI is InChI=1S/C26H20Br2N2S2.Ni/c27-19-11-3-1-9-17(19)25(29-21-13-5-7-15-23(21)31)26(18-10-2-4-12-20(18)28)30-22-14-6-8-16-24(22)32;/h1-16,25-26,31-32H;/q-2;/p-2. The topological polar surface area (TPSA) is 28.2 Å². The Morgan fingerprint density at radius 1 is 0.515 bits per heavy atom. The van der Waals surface area contributed by atoms with Crippen molar-refractivity contribution in [3.8, 4) is 0 Å². The van der Waals surface area contributed by atoms with Gasteiger partial charge in [-0.15, -0.1) is 12.1 Å². The molecule has 0 aliphatic rings. The third kappa shape index (κ3) is 6.29. The molecule has 0 N–H and O–H groups in total. The van der Waals surface area contributed by atoms with Gasteiger partial charge < -0.3 is 35.9 Å². The van der Waals surface area contributed by atoms with E-state index in [9.17, 15) is 0 Å². The van der Waals surface area contributed by atoms with Crippen LogP contribution in [0.4, 0.5) is 11.4 Å². The molecule has 0 fully saturated rings. The van der Waals surface area contributed by atoms with E-state index in [1.54, 1.807) is 0 Å². The van der Waals surface area contributed by atoms with Crippen molar-refractivity contribution >= 4 is 68.5 Å². The van der Waals surface area contributed by atoms with Gasteiger partial charge in [-0.2, -0.15) is 21.2 Å². The molecule has 0 radical (unpaired) electrons. The number of hydrogen-bond donors (Lipinski definition) is 0. The van der Waals surface area contributed by atoms with E-state index in [2.05, 4.69) is 44.0 Å². The van der Waals surface area contributed by atoms with Gasteiger partial charge in [0.15, 0.2) is 0 Å². The molecule has 4 rings (SSSR count). The molecule has 0 aliphatic carbocycles. The molecule has 0 bridgehead atoms. The molecule has 0 amide bonds. The monoisotopic (exact) mass is 638 g/mol. The van der Waals surface area contributed by atoms with Gasteiger partial charge in [-0.05, 0) is 23.3 Å². The summed E-state index contributed by atoms with van der Waals surface area (Å²) in [7, 11) is 0. The number of halogens is 2. The molecule has 0 aromatic heterocycles. The Morgan fingerprint density at radius 3 is 1.21 bits per heavy atom. The largest absolute Gasteiger partial charge is 0.781 e. The maximum absolute atomic E-state index is 5.57. The molecule has 7 heteroatoms. The molecule has 2 nitrogen and oxygen atoms in total. The SMILES string of the molecule is [Ni].[S-]c1ccccc1[N-]C(c1ccccc1Br)C([N-]c1ccccc1[S-])c1ccccc1Br. The van der Waals surface area contributed by atoms with Gasteiger partial charge in [-0.3, -0.25) is 0 Å². The minimum absolute atomic E-state index is 0. The fourth-order valence-corrected chi connectivity index (χ4v) is 4.91. The summed E-state index contributed by atoms with van der Waals surface area (Å²) in [6.45, 7) is 0. The summed E-state index contributed by atoms with van der Waals surface area (Å²) in [6, 6.07) is 31.0. The van der Waals surface area contributed by atoms with Crippen LogP contribution in [-0.2, 0) is 41.7 Å². The minimum atomic E-state index is -0.331. The van der Waals surface area contributed by atoms with Crippen molar-refractivity contribution in [3.63, 3.8) is 0 Å². The van der Waals surface area contributed by atoms with E-state index in [4.69, 9.17) is 35.9 Å². The second kappa shape index (κ2) is 12.2. The molecule has 0 heterocycles. The van der Waals surface area contributed by atoms with Crippen molar-refractivity contribution < 1.29 is 16.5 Å². The minimum Gasteiger partial charge on any atom is -0.781 e. The molecule has 172 valence electrons.